The third-order valence-electron chi connectivity index (χ3n) is 6.45. The third kappa shape index (κ3) is 3.34. The normalized spacial score (nSPS) is 26.0. The summed E-state index contributed by atoms with van der Waals surface area (Å²) < 4.78 is 14.7. The van der Waals surface area contributed by atoms with Gasteiger partial charge >= 0.3 is 0 Å². The van der Waals surface area contributed by atoms with E-state index in [1.165, 1.54) is 12.8 Å². The van der Waals surface area contributed by atoms with E-state index in [-0.39, 0.29) is 18.1 Å². The van der Waals surface area contributed by atoms with E-state index >= 15 is 0 Å². The highest BCUT2D eigenvalue weighted by atomic mass is 19.1. The van der Waals surface area contributed by atoms with Crippen molar-refractivity contribution >= 4 is 17.5 Å². The van der Waals surface area contributed by atoms with Gasteiger partial charge in [-0.15, -0.1) is 0 Å². The summed E-state index contributed by atoms with van der Waals surface area (Å²) in [7, 11) is 0. The minimum absolute atomic E-state index is 0.265. The van der Waals surface area contributed by atoms with E-state index in [0.29, 0.717) is 17.4 Å². The number of benzene rings is 1. The maximum Gasteiger partial charge on any atom is 0.234 e. The largest absolute Gasteiger partial charge is 0.371 e. The quantitative estimate of drug-likeness (QED) is 0.796. The molecular weight excluding hydrogens is 333 g/mol. The van der Waals surface area contributed by atoms with Crippen LogP contribution in [0, 0.1) is 11.2 Å². The predicted octanol–water partition coefficient (Wildman–Crippen LogP) is 2.32. The molecule has 0 bridgehead atoms. The Morgan fingerprint density at radius 3 is 2.46 bits per heavy atom. The highest BCUT2D eigenvalue weighted by molar-refractivity contribution is 6.01. The van der Waals surface area contributed by atoms with Crippen molar-refractivity contribution in [1.29, 1.82) is 0 Å². The van der Waals surface area contributed by atoms with Gasteiger partial charge in [0.1, 0.15) is 5.82 Å². The Balaban J connectivity index is 1.45. The smallest absolute Gasteiger partial charge is 0.234 e. The van der Waals surface area contributed by atoms with Crippen LogP contribution in [0.15, 0.2) is 18.2 Å². The minimum atomic E-state index is -0.568. The Morgan fingerprint density at radius 2 is 1.81 bits per heavy atom. The van der Waals surface area contributed by atoms with E-state index in [4.69, 9.17) is 0 Å². The van der Waals surface area contributed by atoms with Crippen LogP contribution in [0.5, 0.6) is 0 Å². The Morgan fingerprint density at radius 1 is 1.08 bits per heavy atom. The van der Waals surface area contributed by atoms with Crippen molar-refractivity contribution in [3.63, 3.8) is 0 Å². The molecule has 1 atom stereocenters. The van der Waals surface area contributed by atoms with Gasteiger partial charge in [-0.3, -0.25) is 14.9 Å². The number of rotatable bonds is 2. The van der Waals surface area contributed by atoms with Crippen LogP contribution in [0.3, 0.4) is 0 Å². The fourth-order valence-corrected chi connectivity index (χ4v) is 4.68. The minimum Gasteiger partial charge on any atom is -0.371 e. The molecule has 0 aromatic heterocycles. The zero-order chi connectivity index (χ0) is 18.1. The van der Waals surface area contributed by atoms with Crippen LogP contribution in [0.1, 0.15) is 50.0 Å². The number of amides is 2. The van der Waals surface area contributed by atoms with Crippen LogP contribution in [0.25, 0.3) is 0 Å². The molecular formula is C20H26FN3O2. The van der Waals surface area contributed by atoms with Gasteiger partial charge in [-0.1, -0.05) is 6.07 Å². The van der Waals surface area contributed by atoms with Crippen LogP contribution in [-0.2, 0) is 9.59 Å². The van der Waals surface area contributed by atoms with Gasteiger partial charge in [0.15, 0.2) is 0 Å². The number of halogens is 1. The van der Waals surface area contributed by atoms with E-state index in [0.717, 1.165) is 44.7 Å². The van der Waals surface area contributed by atoms with Crippen LogP contribution < -0.4 is 15.5 Å². The van der Waals surface area contributed by atoms with E-state index < -0.39 is 11.8 Å². The molecule has 3 aliphatic heterocycles. The lowest BCUT2D eigenvalue weighted by Gasteiger charge is -2.45. The molecule has 140 valence electrons. The number of carbonyl (C=O) groups is 2. The first-order chi connectivity index (χ1) is 12.6. The van der Waals surface area contributed by atoms with Gasteiger partial charge < -0.3 is 10.2 Å². The topological polar surface area (TPSA) is 61.4 Å². The van der Waals surface area contributed by atoms with Crippen molar-refractivity contribution in [3.05, 3.63) is 29.6 Å². The average molecular weight is 359 g/mol. The number of anilines is 1. The Bertz CT molecular complexity index is 705. The molecule has 0 radical (unpaired) electrons. The lowest BCUT2D eigenvalue weighted by Crippen LogP contribution is -2.45. The number of nitrogens with one attached hydrogen (secondary N) is 2. The monoisotopic (exact) mass is 359 g/mol. The SMILES string of the molecule is O=C1CCC(c2ccc(N3CCC4(CCNCC4)CC3)cc2F)C(=O)N1. The van der Waals surface area contributed by atoms with Gasteiger partial charge in [0.2, 0.25) is 11.8 Å². The van der Waals surface area contributed by atoms with Crippen LogP contribution >= 0.6 is 0 Å². The summed E-state index contributed by atoms with van der Waals surface area (Å²) in [6, 6.07) is 5.20. The van der Waals surface area contributed by atoms with Gasteiger partial charge in [-0.25, -0.2) is 4.39 Å². The molecule has 3 heterocycles. The number of hydrogen-bond donors (Lipinski definition) is 2. The molecule has 1 spiro atoms. The fraction of sp³-hybridized carbons (Fsp3) is 0.600. The molecule has 3 aliphatic rings. The summed E-state index contributed by atoms with van der Waals surface area (Å²) in [4.78, 5) is 25.5. The van der Waals surface area contributed by atoms with Gasteiger partial charge in [-0.2, -0.15) is 0 Å². The molecule has 3 fully saturated rings. The Labute approximate surface area is 153 Å². The Kier molecular flexibility index (Phi) is 4.69. The zero-order valence-corrected chi connectivity index (χ0v) is 15.0. The predicted molar refractivity (Wildman–Crippen MR) is 97.5 cm³/mol. The second kappa shape index (κ2) is 6.99. The number of imide groups is 1. The first kappa shape index (κ1) is 17.5. The number of piperidine rings is 3. The summed E-state index contributed by atoms with van der Waals surface area (Å²) in [6.45, 7) is 4.12. The molecule has 3 saturated heterocycles. The van der Waals surface area contributed by atoms with Crippen molar-refractivity contribution in [2.75, 3.05) is 31.1 Å². The van der Waals surface area contributed by atoms with Crippen LogP contribution in [0.4, 0.5) is 10.1 Å². The second-order valence-corrected chi connectivity index (χ2v) is 7.95. The first-order valence-electron chi connectivity index (χ1n) is 9.65. The summed E-state index contributed by atoms with van der Waals surface area (Å²) in [6.07, 6.45) is 5.44. The maximum atomic E-state index is 14.7. The van der Waals surface area contributed by atoms with Crippen molar-refractivity contribution in [1.82, 2.24) is 10.6 Å². The summed E-state index contributed by atoms with van der Waals surface area (Å²) in [5.74, 6) is -1.58. The Hall–Kier alpha value is -1.95. The third-order valence-corrected chi connectivity index (χ3v) is 6.45. The molecule has 5 nitrogen and oxygen atoms in total. The summed E-state index contributed by atoms with van der Waals surface area (Å²) >= 11 is 0. The van der Waals surface area contributed by atoms with Crippen molar-refractivity contribution < 1.29 is 14.0 Å². The number of hydrogen-bond acceptors (Lipinski definition) is 4. The average Bonchev–Trinajstić information content (AvgIpc) is 2.64. The highest BCUT2D eigenvalue weighted by Gasteiger charge is 2.36. The van der Waals surface area contributed by atoms with E-state index in [2.05, 4.69) is 15.5 Å². The molecule has 1 aromatic rings. The molecule has 1 aromatic carbocycles. The van der Waals surface area contributed by atoms with Crippen molar-refractivity contribution in [2.45, 2.75) is 44.4 Å². The molecule has 0 saturated carbocycles. The van der Waals surface area contributed by atoms with E-state index in [1.807, 2.05) is 6.07 Å². The summed E-state index contributed by atoms with van der Waals surface area (Å²) in [5, 5.41) is 5.74. The standard InChI is InChI=1S/C20H26FN3O2/c21-17-13-14(1-2-15(17)16-3-4-18(25)23-19(16)26)24-11-7-20(8-12-24)5-9-22-10-6-20/h1-2,13,16,22H,3-12H2,(H,23,25,26). The molecule has 0 aliphatic carbocycles. The van der Waals surface area contributed by atoms with Gasteiger partial charge in [0.25, 0.3) is 0 Å². The molecule has 26 heavy (non-hydrogen) atoms. The number of carbonyl (C=O) groups excluding carboxylic acids is 2. The molecule has 1 unspecified atom stereocenters. The van der Waals surface area contributed by atoms with E-state index in [1.54, 1.807) is 12.1 Å². The maximum absolute atomic E-state index is 14.7. The number of nitrogens with zero attached hydrogens (tertiary/aromatic N) is 1. The molecule has 2 N–H and O–H groups in total. The highest BCUT2D eigenvalue weighted by Crippen LogP contribution is 2.41. The van der Waals surface area contributed by atoms with Crippen LogP contribution in [0.2, 0.25) is 0 Å². The van der Waals surface area contributed by atoms with Gasteiger partial charge in [0.05, 0.1) is 5.92 Å². The molecule has 2 amide bonds. The molecule has 6 heteroatoms. The van der Waals surface area contributed by atoms with Gasteiger partial charge in [-0.05, 0) is 62.7 Å². The first-order valence-corrected chi connectivity index (χ1v) is 9.65. The van der Waals surface area contributed by atoms with E-state index in [9.17, 15) is 14.0 Å². The van der Waals surface area contributed by atoms with Crippen molar-refractivity contribution in [3.8, 4) is 0 Å². The lowest BCUT2D eigenvalue weighted by atomic mass is 9.71. The lowest BCUT2D eigenvalue weighted by molar-refractivity contribution is -0.134. The van der Waals surface area contributed by atoms with Gasteiger partial charge in [0, 0.05) is 30.8 Å². The summed E-state index contributed by atoms with van der Waals surface area (Å²) in [5.41, 5.74) is 1.75. The zero-order valence-electron chi connectivity index (χ0n) is 15.0. The van der Waals surface area contributed by atoms with Crippen LogP contribution in [-0.4, -0.2) is 38.0 Å². The molecule has 4 rings (SSSR count). The fourth-order valence-electron chi connectivity index (χ4n) is 4.68. The second-order valence-electron chi connectivity index (χ2n) is 7.95. The van der Waals surface area contributed by atoms with Crippen molar-refractivity contribution in [2.24, 2.45) is 5.41 Å².